The number of aromatic nitrogens is 2. The molecular weight excluding hydrogens is 989 g/mol. The number of benzene rings is 11. The van der Waals surface area contributed by atoms with E-state index in [1.54, 1.807) is 22.7 Å². The molecule has 2 aliphatic rings. The maximum Gasteiger partial charge on any atom is 0.124 e. The summed E-state index contributed by atoms with van der Waals surface area (Å²) in [7, 11) is 4.32. The summed E-state index contributed by atoms with van der Waals surface area (Å²) in [6, 6.07) is 92.7. The second kappa shape index (κ2) is 18.6. The van der Waals surface area contributed by atoms with Crippen LogP contribution in [0.15, 0.2) is 255 Å². The first-order valence-corrected chi connectivity index (χ1v) is 27.9. The predicted molar refractivity (Wildman–Crippen MR) is 331 cm³/mol. The molecule has 11 aromatic carbocycles. The van der Waals surface area contributed by atoms with E-state index in [0.717, 1.165) is 134 Å². The van der Waals surface area contributed by atoms with E-state index in [4.69, 9.17) is 9.97 Å². The summed E-state index contributed by atoms with van der Waals surface area (Å²) in [4.78, 5) is 19.6. The zero-order valence-electron chi connectivity index (χ0n) is 42.7. The minimum atomic E-state index is 1.01. The Balaban J connectivity index is 0.967. The molecule has 0 saturated carbocycles. The van der Waals surface area contributed by atoms with Crippen molar-refractivity contribution in [1.29, 1.82) is 0 Å². The molecule has 0 radical (unpaired) electrons. The smallest absolute Gasteiger partial charge is 0.124 e. The van der Waals surface area contributed by atoms with Crippen molar-refractivity contribution in [3.8, 4) is 65.6 Å². The van der Waals surface area contributed by atoms with Crippen molar-refractivity contribution in [3.63, 3.8) is 0 Å². The van der Waals surface area contributed by atoms with Crippen LogP contribution >= 0.6 is 22.7 Å². The Labute approximate surface area is 461 Å². The molecule has 78 heavy (non-hydrogen) atoms. The van der Waals surface area contributed by atoms with Gasteiger partial charge in [0.25, 0.3) is 0 Å². The minimum absolute atomic E-state index is 1.01. The number of rotatable bonds is 8. The summed E-state index contributed by atoms with van der Waals surface area (Å²) in [6.07, 6.45) is 0. The Morgan fingerprint density at radius 3 is 1.08 bits per heavy atom. The maximum atomic E-state index is 5.09. The average Bonchev–Trinajstić information content (AvgIpc) is 4.30. The van der Waals surface area contributed by atoms with E-state index in [2.05, 4.69) is 288 Å². The lowest BCUT2D eigenvalue weighted by molar-refractivity contribution is 1.13. The van der Waals surface area contributed by atoms with Gasteiger partial charge in [-0.2, -0.15) is 0 Å². The summed E-state index contributed by atoms with van der Waals surface area (Å²) in [5, 5.41) is 2.02. The Bertz CT molecular complexity index is 4300. The molecule has 4 heterocycles. The number of thiazole rings is 2. The highest BCUT2D eigenvalue weighted by molar-refractivity contribution is 7.22. The van der Waals surface area contributed by atoms with E-state index in [1.165, 1.54) is 9.40 Å². The van der Waals surface area contributed by atoms with Crippen LogP contribution in [0.2, 0.25) is 0 Å². The SMILES string of the molecule is CN1c2ccccc2N(c2cccc(-c3ccc(-c4ccc(-c5nc6ccccc6s5)cc4)c(-c4cccc(N5c6ccccc6N(C)c6ccccc65)c4)c3-c3ccc(-c4nc5ccccc5s4)cc3)c2)c2ccccc21. The van der Waals surface area contributed by atoms with E-state index < -0.39 is 0 Å². The molecule has 0 N–H and O–H groups in total. The predicted octanol–water partition coefficient (Wildman–Crippen LogP) is 20.0. The van der Waals surface area contributed by atoms with Crippen molar-refractivity contribution in [2.75, 3.05) is 33.7 Å². The number of para-hydroxylation sites is 10. The van der Waals surface area contributed by atoms with Gasteiger partial charge in [0.2, 0.25) is 0 Å². The van der Waals surface area contributed by atoms with Gasteiger partial charge in [-0.3, -0.25) is 0 Å². The molecule has 0 aliphatic carbocycles. The van der Waals surface area contributed by atoms with Gasteiger partial charge >= 0.3 is 0 Å². The lowest BCUT2D eigenvalue weighted by atomic mass is 9.82. The van der Waals surface area contributed by atoms with E-state index in [0.29, 0.717) is 0 Å². The van der Waals surface area contributed by atoms with E-state index >= 15 is 0 Å². The van der Waals surface area contributed by atoms with Gasteiger partial charge in [-0.05, 0) is 142 Å². The van der Waals surface area contributed by atoms with Gasteiger partial charge in [-0.1, -0.05) is 158 Å². The van der Waals surface area contributed by atoms with Gasteiger partial charge < -0.3 is 19.6 Å². The van der Waals surface area contributed by atoms with Crippen molar-refractivity contribution in [2.45, 2.75) is 0 Å². The number of anilines is 10. The number of hydrogen-bond donors (Lipinski definition) is 0. The van der Waals surface area contributed by atoms with E-state index in [1.807, 2.05) is 0 Å². The lowest BCUT2D eigenvalue weighted by Gasteiger charge is -2.38. The maximum absolute atomic E-state index is 5.09. The minimum Gasteiger partial charge on any atom is -0.341 e. The quantitative estimate of drug-likeness (QED) is 0.151. The van der Waals surface area contributed by atoms with Crippen molar-refractivity contribution in [3.05, 3.63) is 255 Å². The third-order valence-corrected chi connectivity index (χ3v) is 17.6. The van der Waals surface area contributed by atoms with Gasteiger partial charge in [0.1, 0.15) is 10.0 Å². The van der Waals surface area contributed by atoms with Crippen molar-refractivity contribution < 1.29 is 0 Å². The molecule has 13 aromatic rings. The van der Waals surface area contributed by atoms with Crippen LogP contribution in [0.25, 0.3) is 86.1 Å². The van der Waals surface area contributed by atoms with Crippen LogP contribution in [0.1, 0.15) is 0 Å². The number of hydrogen-bond acceptors (Lipinski definition) is 8. The molecular formula is C70H48N6S2. The molecule has 0 amide bonds. The van der Waals surface area contributed by atoms with Gasteiger partial charge in [0, 0.05) is 36.6 Å². The van der Waals surface area contributed by atoms with Crippen LogP contribution in [0.5, 0.6) is 0 Å². The summed E-state index contributed by atoms with van der Waals surface area (Å²) in [5.41, 5.74) is 24.5. The highest BCUT2D eigenvalue weighted by atomic mass is 32.1. The van der Waals surface area contributed by atoms with Crippen LogP contribution in [-0.2, 0) is 0 Å². The summed E-state index contributed by atoms with van der Waals surface area (Å²) < 4.78 is 2.36. The Morgan fingerprint density at radius 2 is 0.628 bits per heavy atom. The van der Waals surface area contributed by atoms with Crippen LogP contribution in [0, 0.1) is 0 Å². The first-order valence-electron chi connectivity index (χ1n) is 26.3. The van der Waals surface area contributed by atoms with Crippen molar-refractivity contribution >= 4 is 100.0 Å². The van der Waals surface area contributed by atoms with E-state index in [-0.39, 0.29) is 0 Å². The summed E-state index contributed by atoms with van der Waals surface area (Å²) >= 11 is 3.47. The Kier molecular flexibility index (Phi) is 10.9. The first kappa shape index (κ1) is 45.8. The Hall–Kier alpha value is -9.60. The molecule has 8 heteroatoms. The zero-order chi connectivity index (χ0) is 51.8. The standard InChI is InChI=1S/C70H48N6S2/c1-73-57-23-5-9-27-61(57)75(62-28-10-6-24-58(62)73)51-19-15-17-49(43-51)54-42-41-53(45-33-37-47(38-34-45)69-71-55-21-3-13-31-65(55)77-69)68(67(54)46-35-39-48(40-36-46)70-72-56-22-4-14-32-66(56)78-70)50-18-16-20-52(44-50)76-63-29-11-7-25-59(63)74(2)60-26-8-12-30-64(60)76/h3-44H,1-2H3. The highest BCUT2D eigenvalue weighted by Crippen LogP contribution is 2.54. The summed E-state index contributed by atoms with van der Waals surface area (Å²) in [5.74, 6) is 0. The van der Waals surface area contributed by atoms with Gasteiger partial charge in [0.15, 0.2) is 0 Å². The van der Waals surface area contributed by atoms with Crippen molar-refractivity contribution in [1.82, 2.24) is 9.97 Å². The molecule has 2 aliphatic heterocycles. The molecule has 0 fully saturated rings. The molecule has 15 rings (SSSR count). The second-order valence-electron chi connectivity index (χ2n) is 19.9. The third-order valence-electron chi connectivity index (χ3n) is 15.4. The molecule has 0 spiro atoms. The number of fused-ring (bicyclic) bond motifs is 6. The topological polar surface area (TPSA) is 38.7 Å². The van der Waals surface area contributed by atoms with Crippen LogP contribution < -0.4 is 19.6 Å². The largest absolute Gasteiger partial charge is 0.341 e. The monoisotopic (exact) mass is 1040 g/mol. The fourth-order valence-electron chi connectivity index (χ4n) is 11.7. The second-order valence-corrected chi connectivity index (χ2v) is 21.9. The molecule has 370 valence electrons. The van der Waals surface area contributed by atoms with Crippen LogP contribution in [0.4, 0.5) is 56.9 Å². The van der Waals surface area contributed by atoms with Gasteiger partial charge in [-0.25, -0.2) is 9.97 Å². The molecule has 0 atom stereocenters. The molecule has 0 unspecified atom stereocenters. The third kappa shape index (κ3) is 7.59. The fourth-order valence-corrected chi connectivity index (χ4v) is 13.6. The molecule has 6 nitrogen and oxygen atoms in total. The lowest BCUT2D eigenvalue weighted by Crippen LogP contribution is -2.23. The average molecular weight is 1040 g/mol. The van der Waals surface area contributed by atoms with Crippen molar-refractivity contribution in [2.24, 2.45) is 0 Å². The molecule has 2 aromatic heterocycles. The highest BCUT2D eigenvalue weighted by Gasteiger charge is 2.30. The van der Waals surface area contributed by atoms with Gasteiger partial charge in [0.05, 0.1) is 65.9 Å². The summed E-state index contributed by atoms with van der Waals surface area (Å²) in [6.45, 7) is 0. The Morgan fingerprint density at radius 1 is 0.282 bits per heavy atom. The number of nitrogens with zero attached hydrogens (tertiary/aromatic N) is 6. The molecule has 0 bridgehead atoms. The normalized spacial score (nSPS) is 12.6. The fraction of sp³-hybridized carbons (Fsp3) is 0.0286. The van der Waals surface area contributed by atoms with Gasteiger partial charge in [-0.15, -0.1) is 22.7 Å². The molecule has 0 saturated heterocycles. The zero-order valence-corrected chi connectivity index (χ0v) is 44.4. The van der Waals surface area contributed by atoms with Crippen LogP contribution in [-0.4, -0.2) is 24.1 Å². The van der Waals surface area contributed by atoms with E-state index in [9.17, 15) is 0 Å². The van der Waals surface area contributed by atoms with Crippen LogP contribution in [0.3, 0.4) is 0 Å². The first-order chi connectivity index (χ1) is 38.5.